The molecule has 2 amide bonds. The van der Waals surface area contributed by atoms with Crippen LogP contribution in [0.4, 0.5) is 4.79 Å². The molecule has 2 aliphatic heterocycles. The van der Waals surface area contributed by atoms with Gasteiger partial charge in [-0.2, -0.15) is 0 Å². The molecular weight excluding hydrogens is 412 g/mol. The van der Waals surface area contributed by atoms with Crippen LogP contribution < -0.4 is 14.2 Å². The van der Waals surface area contributed by atoms with E-state index < -0.39 is 5.60 Å². The number of rotatable bonds is 6. The third kappa shape index (κ3) is 4.30. The Morgan fingerprint density at radius 1 is 1.00 bits per heavy atom. The average molecular weight is 440 g/mol. The molecule has 1 spiro atoms. The Kier molecular flexibility index (Phi) is 6.12. The first-order valence-corrected chi connectivity index (χ1v) is 10.6. The highest BCUT2D eigenvalue weighted by atomic mass is 16.6. The summed E-state index contributed by atoms with van der Waals surface area (Å²) in [5, 5.41) is 0. The molecule has 2 heterocycles. The predicted molar refractivity (Wildman–Crippen MR) is 117 cm³/mol. The zero-order valence-corrected chi connectivity index (χ0v) is 18.6. The number of hydrogen-bond acceptors (Lipinski definition) is 6. The maximum atomic E-state index is 13.1. The summed E-state index contributed by atoms with van der Waals surface area (Å²) in [4.78, 5) is 29.1. The molecule has 0 unspecified atom stereocenters. The van der Waals surface area contributed by atoms with Crippen molar-refractivity contribution in [1.29, 1.82) is 0 Å². The summed E-state index contributed by atoms with van der Waals surface area (Å²) in [5.41, 5.74) is 0.918. The van der Waals surface area contributed by atoms with Gasteiger partial charge >= 0.3 is 6.09 Å². The zero-order valence-electron chi connectivity index (χ0n) is 18.6. The highest BCUT2D eigenvalue weighted by Crippen LogP contribution is 2.35. The van der Waals surface area contributed by atoms with Crippen molar-refractivity contribution < 1.29 is 28.5 Å². The molecule has 0 saturated carbocycles. The molecule has 32 heavy (non-hydrogen) atoms. The van der Waals surface area contributed by atoms with Crippen molar-refractivity contribution in [3.8, 4) is 17.2 Å². The monoisotopic (exact) mass is 440 g/mol. The minimum atomic E-state index is -0.559. The van der Waals surface area contributed by atoms with Gasteiger partial charge in [-0.3, -0.25) is 9.69 Å². The van der Waals surface area contributed by atoms with Gasteiger partial charge in [-0.05, 0) is 29.8 Å². The van der Waals surface area contributed by atoms with Gasteiger partial charge in [-0.25, -0.2) is 4.79 Å². The molecule has 170 valence electrons. The maximum Gasteiger partial charge on any atom is 0.410 e. The van der Waals surface area contributed by atoms with E-state index in [1.54, 1.807) is 42.2 Å². The van der Waals surface area contributed by atoms with Crippen LogP contribution in [-0.4, -0.2) is 68.4 Å². The molecule has 0 radical (unpaired) electrons. The summed E-state index contributed by atoms with van der Waals surface area (Å²) in [7, 11) is 4.72. The van der Waals surface area contributed by atoms with Crippen molar-refractivity contribution in [2.75, 3.05) is 41.0 Å². The molecule has 2 aliphatic rings. The van der Waals surface area contributed by atoms with Gasteiger partial charge < -0.3 is 23.8 Å². The minimum Gasteiger partial charge on any atom is -0.497 e. The molecule has 8 nitrogen and oxygen atoms in total. The van der Waals surface area contributed by atoms with Crippen LogP contribution in [0.25, 0.3) is 0 Å². The number of amides is 2. The van der Waals surface area contributed by atoms with Gasteiger partial charge in [0.15, 0.2) is 0 Å². The van der Waals surface area contributed by atoms with E-state index in [1.165, 1.54) is 7.11 Å². The van der Waals surface area contributed by atoms with Crippen LogP contribution in [-0.2, 0) is 11.3 Å². The van der Waals surface area contributed by atoms with E-state index >= 15 is 0 Å². The molecule has 4 rings (SSSR count). The SMILES string of the molecule is COc1cccc(CN2CC3(CCN(C(=O)c4ccc(OC)cc4OC)CC3)OC2=O)c1. The van der Waals surface area contributed by atoms with Crippen LogP contribution in [0.15, 0.2) is 42.5 Å². The normalized spacial score (nSPS) is 17.3. The highest BCUT2D eigenvalue weighted by Gasteiger charge is 2.47. The van der Waals surface area contributed by atoms with E-state index in [0.29, 0.717) is 56.1 Å². The summed E-state index contributed by atoms with van der Waals surface area (Å²) < 4.78 is 21.7. The fraction of sp³-hybridized carbons (Fsp3) is 0.417. The molecule has 2 aromatic carbocycles. The van der Waals surface area contributed by atoms with E-state index in [4.69, 9.17) is 18.9 Å². The second-order valence-electron chi connectivity index (χ2n) is 8.12. The van der Waals surface area contributed by atoms with Crippen molar-refractivity contribution in [2.45, 2.75) is 25.0 Å². The second-order valence-corrected chi connectivity index (χ2v) is 8.12. The lowest BCUT2D eigenvalue weighted by Gasteiger charge is -2.37. The summed E-state index contributed by atoms with van der Waals surface area (Å²) >= 11 is 0. The number of benzene rings is 2. The topological polar surface area (TPSA) is 77.5 Å². The lowest BCUT2D eigenvalue weighted by atomic mass is 9.91. The number of hydrogen-bond donors (Lipinski definition) is 0. The van der Waals surface area contributed by atoms with Gasteiger partial charge in [0.1, 0.15) is 22.8 Å². The van der Waals surface area contributed by atoms with Crippen LogP contribution in [0.5, 0.6) is 17.2 Å². The maximum absolute atomic E-state index is 13.1. The Bertz CT molecular complexity index is 1000. The Balaban J connectivity index is 1.40. The van der Waals surface area contributed by atoms with E-state index in [2.05, 4.69) is 0 Å². The van der Waals surface area contributed by atoms with Gasteiger partial charge in [0.25, 0.3) is 5.91 Å². The molecule has 0 atom stereocenters. The van der Waals surface area contributed by atoms with E-state index in [1.807, 2.05) is 24.3 Å². The van der Waals surface area contributed by atoms with Gasteiger partial charge in [0, 0.05) is 38.5 Å². The minimum absolute atomic E-state index is 0.100. The van der Waals surface area contributed by atoms with Crippen molar-refractivity contribution in [2.24, 2.45) is 0 Å². The van der Waals surface area contributed by atoms with Crippen LogP contribution in [0.1, 0.15) is 28.8 Å². The highest BCUT2D eigenvalue weighted by molar-refractivity contribution is 5.97. The summed E-state index contributed by atoms with van der Waals surface area (Å²) in [5.74, 6) is 1.76. The summed E-state index contributed by atoms with van der Waals surface area (Å²) in [6.45, 7) is 1.99. The Morgan fingerprint density at radius 3 is 2.41 bits per heavy atom. The Morgan fingerprint density at radius 2 is 1.72 bits per heavy atom. The number of likely N-dealkylation sites (tertiary alicyclic amines) is 1. The molecular formula is C24H28N2O6. The van der Waals surface area contributed by atoms with E-state index in [-0.39, 0.29) is 12.0 Å². The molecule has 0 bridgehead atoms. The number of nitrogens with zero attached hydrogens (tertiary/aromatic N) is 2. The molecule has 0 aromatic heterocycles. The molecule has 2 saturated heterocycles. The second kappa shape index (κ2) is 8.98. The number of ether oxygens (including phenoxy) is 4. The molecule has 0 N–H and O–H groups in total. The summed E-state index contributed by atoms with van der Waals surface area (Å²) in [6, 6.07) is 12.8. The lowest BCUT2D eigenvalue weighted by Crippen LogP contribution is -2.48. The first-order valence-electron chi connectivity index (χ1n) is 10.6. The van der Waals surface area contributed by atoms with E-state index in [0.717, 1.165) is 11.3 Å². The molecule has 2 aromatic rings. The smallest absolute Gasteiger partial charge is 0.410 e. The number of carbonyl (C=O) groups is 2. The number of piperidine rings is 1. The average Bonchev–Trinajstić information content (AvgIpc) is 3.12. The first-order chi connectivity index (χ1) is 15.5. The van der Waals surface area contributed by atoms with E-state index in [9.17, 15) is 9.59 Å². The van der Waals surface area contributed by atoms with Crippen LogP contribution in [0, 0.1) is 0 Å². The first kappa shape index (κ1) is 21.8. The van der Waals surface area contributed by atoms with Crippen molar-refractivity contribution >= 4 is 12.0 Å². The van der Waals surface area contributed by atoms with Crippen LogP contribution in [0.3, 0.4) is 0 Å². The summed E-state index contributed by atoms with van der Waals surface area (Å²) in [6.07, 6.45) is 0.874. The largest absolute Gasteiger partial charge is 0.497 e. The van der Waals surface area contributed by atoms with Crippen LogP contribution in [0.2, 0.25) is 0 Å². The predicted octanol–water partition coefficient (Wildman–Crippen LogP) is 3.34. The van der Waals surface area contributed by atoms with Gasteiger partial charge in [0.2, 0.25) is 0 Å². The lowest BCUT2D eigenvalue weighted by molar-refractivity contribution is 0.00306. The number of methoxy groups -OCH3 is 3. The molecule has 2 fully saturated rings. The van der Waals surface area contributed by atoms with Crippen molar-refractivity contribution in [3.63, 3.8) is 0 Å². The van der Waals surface area contributed by atoms with Gasteiger partial charge in [-0.1, -0.05) is 12.1 Å². The van der Waals surface area contributed by atoms with Gasteiger partial charge in [-0.15, -0.1) is 0 Å². The fourth-order valence-electron chi connectivity index (χ4n) is 4.33. The third-order valence-corrected chi connectivity index (χ3v) is 6.15. The fourth-order valence-corrected chi connectivity index (χ4v) is 4.33. The zero-order chi connectivity index (χ0) is 22.7. The Labute approximate surface area is 187 Å². The van der Waals surface area contributed by atoms with Crippen LogP contribution >= 0.6 is 0 Å². The van der Waals surface area contributed by atoms with Gasteiger partial charge in [0.05, 0.1) is 33.4 Å². The standard InChI is InChI=1S/C24H28N2O6/c1-29-18-6-4-5-17(13-18)15-26-16-24(32-23(26)28)9-11-25(12-10-24)22(27)20-8-7-19(30-2)14-21(20)31-3/h4-8,13-14H,9-12,15-16H2,1-3H3. The number of carbonyl (C=O) groups excluding carboxylic acids is 2. The molecule has 0 aliphatic carbocycles. The Hall–Kier alpha value is -3.42. The van der Waals surface area contributed by atoms with Crippen molar-refractivity contribution in [3.05, 3.63) is 53.6 Å². The molecule has 8 heteroatoms. The quantitative estimate of drug-likeness (QED) is 0.686. The third-order valence-electron chi connectivity index (χ3n) is 6.15. The van der Waals surface area contributed by atoms with Crippen molar-refractivity contribution in [1.82, 2.24) is 9.80 Å².